The zero-order chi connectivity index (χ0) is 18.4. The highest BCUT2D eigenvalue weighted by Crippen LogP contribution is 2.56. The molecule has 4 atom stereocenters. The van der Waals surface area contributed by atoms with Crippen molar-refractivity contribution in [2.24, 2.45) is 5.92 Å². The van der Waals surface area contributed by atoms with Crippen LogP contribution >= 0.6 is 0 Å². The maximum absolute atomic E-state index is 10.9. The molecule has 3 rings (SSSR count). The van der Waals surface area contributed by atoms with Crippen LogP contribution in [0.5, 0.6) is 11.5 Å². The predicted molar refractivity (Wildman–Crippen MR) is 98.1 cm³/mol. The van der Waals surface area contributed by atoms with Crippen molar-refractivity contribution in [1.82, 2.24) is 0 Å². The number of hydrogen-bond donors (Lipinski definition) is 3. The molecule has 1 aliphatic heterocycles. The number of rotatable bonds is 4. The summed E-state index contributed by atoms with van der Waals surface area (Å²) in [7, 11) is 0. The topological polar surface area (TPSA) is 69.9 Å². The van der Waals surface area contributed by atoms with Crippen LogP contribution in [0.25, 0.3) is 0 Å². The molecule has 0 saturated heterocycles. The average molecular weight is 348 g/mol. The molecule has 1 aromatic rings. The molecule has 2 unspecified atom stereocenters. The highest BCUT2D eigenvalue weighted by molar-refractivity contribution is 5.52. The maximum atomic E-state index is 10.9. The van der Waals surface area contributed by atoms with Crippen LogP contribution in [-0.4, -0.2) is 32.6 Å². The lowest BCUT2D eigenvalue weighted by atomic mass is 9.61. The zero-order valence-electron chi connectivity index (χ0n) is 15.9. The van der Waals surface area contributed by atoms with Crippen LogP contribution in [-0.2, 0) is 6.42 Å². The van der Waals surface area contributed by atoms with E-state index >= 15 is 0 Å². The fraction of sp³-hybridized carbons (Fsp3) is 0.714. The summed E-state index contributed by atoms with van der Waals surface area (Å²) in [5.41, 5.74) is 0.147. The number of ether oxygens (including phenoxy) is 1. The monoisotopic (exact) mass is 348 g/mol. The van der Waals surface area contributed by atoms with Crippen molar-refractivity contribution in [3.8, 4) is 11.5 Å². The van der Waals surface area contributed by atoms with Crippen molar-refractivity contribution < 1.29 is 20.1 Å². The first kappa shape index (κ1) is 18.5. The Bertz CT molecular complexity index is 635. The van der Waals surface area contributed by atoms with Gasteiger partial charge in [-0.25, -0.2) is 0 Å². The molecular formula is C21H32O4. The van der Waals surface area contributed by atoms with E-state index in [1.165, 1.54) is 0 Å². The van der Waals surface area contributed by atoms with E-state index in [4.69, 9.17) is 4.74 Å². The lowest BCUT2D eigenvalue weighted by Crippen LogP contribution is -2.57. The molecule has 2 aliphatic rings. The molecule has 0 aromatic heterocycles. The van der Waals surface area contributed by atoms with E-state index in [2.05, 4.69) is 6.92 Å². The van der Waals surface area contributed by atoms with Crippen LogP contribution in [0.4, 0.5) is 0 Å². The van der Waals surface area contributed by atoms with Crippen molar-refractivity contribution in [3.05, 3.63) is 23.3 Å². The fourth-order valence-electron chi connectivity index (χ4n) is 4.69. The summed E-state index contributed by atoms with van der Waals surface area (Å²) in [5.74, 6) is 0.597. The third-order valence-electron chi connectivity index (χ3n) is 6.22. The number of fused-ring (bicyclic) bond motifs is 3. The molecule has 0 spiro atoms. The van der Waals surface area contributed by atoms with Crippen molar-refractivity contribution in [3.63, 3.8) is 0 Å². The second-order valence-corrected chi connectivity index (χ2v) is 8.66. The molecule has 0 radical (unpaired) electrons. The van der Waals surface area contributed by atoms with Gasteiger partial charge in [0.2, 0.25) is 0 Å². The van der Waals surface area contributed by atoms with Gasteiger partial charge in [-0.05, 0) is 64.2 Å². The minimum Gasteiger partial charge on any atom is -0.508 e. The van der Waals surface area contributed by atoms with Crippen LogP contribution in [0.15, 0.2) is 12.1 Å². The van der Waals surface area contributed by atoms with E-state index in [0.29, 0.717) is 17.7 Å². The number of aliphatic hydroxyl groups excluding tert-OH is 1. The third kappa shape index (κ3) is 3.26. The number of unbranched alkanes of at least 4 members (excludes halogenated alkanes) is 2. The number of hydrogen-bond acceptors (Lipinski definition) is 4. The first-order valence-corrected chi connectivity index (χ1v) is 9.62. The van der Waals surface area contributed by atoms with Crippen LogP contribution in [0.2, 0.25) is 0 Å². The van der Waals surface area contributed by atoms with E-state index in [0.717, 1.165) is 37.7 Å². The van der Waals surface area contributed by atoms with Gasteiger partial charge in [0, 0.05) is 17.4 Å². The van der Waals surface area contributed by atoms with Crippen LogP contribution in [0.1, 0.15) is 76.8 Å². The quantitative estimate of drug-likeness (QED) is 0.722. The average Bonchev–Trinajstić information content (AvgIpc) is 2.50. The summed E-state index contributed by atoms with van der Waals surface area (Å²) in [6.45, 7) is 7.95. The van der Waals surface area contributed by atoms with Crippen molar-refractivity contribution >= 4 is 0 Å². The van der Waals surface area contributed by atoms with Gasteiger partial charge in [0.1, 0.15) is 17.1 Å². The second kappa shape index (κ2) is 6.48. The highest BCUT2D eigenvalue weighted by Gasteiger charge is 2.55. The lowest BCUT2D eigenvalue weighted by Gasteiger charge is -2.53. The molecule has 140 valence electrons. The first-order valence-electron chi connectivity index (χ1n) is 9.62. The molecule has 1 heterocycles. The second-order valence-electron chi connectivity index (χ2n) is 8.66. The normalized spacial score (nSPS) is 33.3. The van der Waals surface area contributed by atoms with E-state index in [1.807, 2.05) is 26.0 Å². The minimum atomic E-state index is -1.14. The van der Waals surface area contributed by atoms with Crippen LogP contribution < -0.4 is 4.74 Å². The van der Waals surface area contributed by atoms with E-state index < -0.39 is 17.3 Å². The number of aliphatic hydroxyl groups is 2. The number of aromatic hydroxyl groups is 1. The molecule has 25 heavy (non-hydrogen) atoms. The number of phenolic OH excluding ortho intramolecular Hbond substituents is 1. The van der Waals surface area contributed by atoms with Crippen molar-refractivity contribution in [2.75, 3.05) is 0 Å². The standard InChI is InChI=1S/C21H32O4/c1-5-6-7-8-13-11-15(22)18-16(12-13)25-20(2,3)14-9-10-21(4,24)19(23)17(14)18/h11-12,14,17,19,22-24H,5-10H2,1-4H3/t14?,17?,19-,21-/m1/s1. The molecule has 0 amide bonds. The minimum absolute atomic E-state index is 0.0621. The Kier molecular flexibility index (Phi) is 4.80. The summed E-state index contributed by atoms with van der Waals surface area (Å²) < 4.78 is 6.28. The van der Waals surface area contributed by atoms with Crippen LogP contribution in [0.3, 0.4) is 0 Å². The smallest absolute Gasteiger partial charge is 0.127 e. The zero-order valence-corrected chi connectivity index (χ0v) is 15.9. The lowest BCUT2D eigenvalue weighted by molar-refractivity contribution is -0.144. The van der Waals surface area contributed by atoms with Gasteiger partial charge in [0.15, 0.2) is 0 Å². The van der Waals surface area contributed by atoms with Gasteiger partial charge in [-0.2, -0.15) is 0 Å². The Labute approximate surface area is 150 Å². The Morgan fingerprint density at radius 2 is 1.92 bits per heavy atom. The maximum Gasteiger partial charge on any atom is 0.127 e. The largest absolute Gasteiger partial charge is 0.508 e. The molecule has 4 heteroatoms. The molecule has 1 aliphatic carbocycles. The third-order valence-corrected chi connectivity index (χ3v) is 6.22. The molecule has 1 aromatic carbocycles. The predicted octanol–water partition coefficient (Wildman–Crippen LogP) is 3.90. The van der Waals surface area contributed by atoms with Crippen molar-refractivity contribution in [1.29, 1.82) is 0 Å². The van der Waals surface area contributed by atoms with Gasteiger partial charge in [0.25, 0.3) is 0 Å². The van der Waals surface area contributed by atoms with Crippen molar-refractivity contribution in [2.45, 2.75) is 89.4 Å². The summed E-state index contributed by atoms with van der Waals surface area (Å²) in [6, 6.07) is 3.82. The Balaban J connectivity index is 2.02. The molecule has 3 N–H and O–H groups in total. The van der Waals surface area contributed by atoms with E-state index in [-0.39, 0.29) is 17.6 Å². The molecule has 0 bridgehead atoms. The van der Waals surface area contributed by atoms with E-state index in [1.54, 1.807) is 6.92 Å². The number of phenols is 1. The van der Waals surface area contributed by atoms with Crippen LogP contribution in [0, 0.1) is 5.92 Å². The summed E-state index contributed by atoms with van der Waals surface area (Å²) in [5, 5.41) is 32.2. The summed E-state index contributed by atoms with van der Waals surface area (Å²) in [4.78, 5) is 0. The van der Waals surface area contributed by atoms with E-state index in [9.17, 15) is 15.3 Å². The molecule has 1 saturated carbocycles. The van der Waals surface area contributed by atoms with Gasteiger partial charge in [0.05, 0.1) is 11.7 Å². The number of benzene rings is 1. The molecular weight excluding hydrogens is 316 g/mol. The molecule has 1 fully saturated rings. The van der Waals surface area contributed by atoms with Gasteiger partial charge < -0.3 is 20.1 Å². The Morgan fingerprint density at radius 3 is 2.60 bits per heavy atom. The van der Waals surface area contributed by atoms with Gasteiger partial charge >= 0.3 is 0 Å². The summed E-state index contributed by atoms with van der Waals surface area (Å²) in [6.07, 6.45) is 4.70. The van der Waals surface area contributed by atoms with Gasteiger partial charge in [-0.3, -0.25) is 0 Å². The Morgan fingerprint density at radius 1 is 1.20 bits per heavy atom. The molecule has 4 nitrogen and oxygen atoms in total. The van der Waals surface area contributed by atoms with Gasteiger partial charge in [-0.1, -0.05) is 19.8 Å². The first-order chi connectivity index (χ1) is 11.7. The number of aryl methyl sites for hydroxylation is 1. The Hall–Kier alpha value is -1.26. The fourth-order valence-corrected chi connectivity index (χ4v) is 4.69. The van der Waals surface area contributed by atoms with Gasteiger partial charge in [-0.15, -0.1) is 0 Å². The highest BCUT2D eigenvalue weighted by atomic mass is 16.5. The summed E-state index contributed by atoms with van der Waals surface area (Å²) >= 11 is 0. The SMILES string of the molecule is CCCCCc1cc(O)c2c(c1)OC(C)(C)C1CC[C@@](C)(O)[C@H](O)C21.